The minimum atomic E-state index is 0.315. The van der Waals surface area contributed by atoms with Crippen LogP contribution in [0.5, 0.6) is 11.5 Å². The fraction of sp³-hybridized carbons (Fsp3) is 0.400. The number of benzene rings is 2. The van der Waals surface area contributed by atoms with Crippen molar-refractivity contribution in [3.05, 3.63) is 82.8 Å². The summed E-state index contributed by atoms with van der Waals surface area (Å²) < 4.78 is 11.0. The van der Waals surface area contributed by atoms with Crippen molar-refractivity contribution in [1.82, 2.24) is 20.1 Å². The Hall–Kier alpha value is -3.78. The number of allylic oxidation sites excluding steroid dienone is 2. The molecule has 8 heteroatoms. The molecule has 0 saturated carbocycles. The van der Waals surface area contributed by atoms with Crippen molar-refractivity contribution in [3.8, 4) is 11.5 Å². The van der Waals surface area contributed by atoms with Crippen molar-refractivity contribution in [2.45, 2.75) is 39.8 Å². The van der Waals surface area contributed by atoms with Gasteiger partial charge >= 0.3 is 0 Å². The quantitative estimate of drug-likeness (QED) is 0.596. The summed E-state index contributed by atoms with van der Waals surface area (Å²) in [5.41, 5.74) is 9.36. The summed E-state index contributed by atoms with van der Waals surface area (Å²) in [6, 6.07) is 16.9. The van der Waals surface area contributed by atoms with E-state index in [-0.39, 0.29) is 0 Å². The molecule has 8 nitrogen and oxygen atoms in total. The van der Waals surface area contributed by atoms with Crippen LogP contribution in [-0.2, 0) is 13.1 Å². The second-order valence-corrected chi connectivity index (χ2v) is 10.2. The highest BCUT2D eigenvalue weighted by Gasteiger charge is 2.30. The van der Waals surface area contributed by atoms with Gasteiger partial charge in [-0.3, -0.25) is 10.3 Å². The largest absolute Gasteiger partial charge is 0.454 e. The number of fused-ring (bicyclic) bond motifs is 2. The first-order chi connectivity index (χ1) is 18.7. The normalized spacial score (nSPS) is 20.6. The predicted molar refractivity (Wildman–Crippen MR) is 150 cm³/mol. The summed E-state index contributed by atoms with van der Waals surface area (Å²) >= 11 is 0. The Morgan fingerprint density at radius 1 is 0.974 bits per heavy atom. The number of nitrogens with one attached hydrogen (secondary N) is 1. The summed E-state index contributed by atoms with van der Waals surface area (Å²) in [6.45, 7) is 11.3. The van der Waals surface area contributed by atoms with E-state index in [4.69, 9.17) is 14.5 Å². The smallest absolute Gasteiger partial charge is 0.231 e. The second-order valence-electron chi connectivity index (χ2n) is 10.2. The molecule has 0 unspecified atom stereocenters. The molecular weight excluding hydrogens is 476 g/mol. The van der Waals surface area contributed by atoms with Crippen LogP contribution in [0.1, 0.15) is 37.8 Å². The zero-order valence-electron chi connectivity index (χ0n) is 22.3. The lowest BCUT2D eigenvalue weighted by molar-refractivity contribution is 0.151. The maximum absolute atomic E-state index is 5.56. The van der Waals surface area contributed by atoms with Crippen molar-refractivity contribution < 1.29 is 9.47 Å². The van der Waals surface area contributed by atoms with Crippen molar-refractivity contribution in [3.63, 3.8) is 0 Å². The SMILES string of the molecule is CC/C=C(/N=C1/NN=C2CCN(Cc3ccccc3)C(C)=C21)N1CCN(Cc2ccc3c(c2)OCO3)CC1. The van der Waals surface area contributed by atoms with Gasteiger partial charge in [-0.25, -0.2) is 4.99 Å². The van der Waals surface area contributed by atoms with Gasteiger partial charge in [-0.05, 0) is 42.7 Å². The van der Waals surface area contributed by atoms with E-state index in [1.54, 1.807) is 0 Å². The Morgan fingerprint density at radius 3 is 2.61 bits per heavy atom. The summed E-state index contributed by atoms with van der Waals surface area (Å²) in [7, 11) is 0. The first-order valence-corrected chi connectivity index (χ1v) is 13.7. The summed E-state index contributed by atoms with van der Waals surface area (Å²) in [5.74, 6) is 3.60. The van der Waals surface area contributed by atoms with Crippen LogP contribution in [0.15, 0.2) is 81.8 Å². The molecule has 0 aromatic heterocycles. The first kappa shape index (κ1) is 24.6. The molecule has 198 valence electrons. The predicted octanol–water partition coefficient (Wildman–Crippen LogP) is 4.32. The molecule has 1 fully saturated rings. The molecule has 0 amide bonds. The molecule has 4 heterocycles. The highest BCUT2D eigenvalue weighted by atomic mass is 16.7. The molecule has 4 aliphatic heterocycles. The summed E-state index contributed by atoms with van der Waals surface area (Å²) in [6.07, 6.45) is 4.10. The lowest BCUT2D eigenvalue weighted by Gasteiger charge is -2.36. The zero-order chi connectivity index (χ0) is 25.9. The van der Waals surface area contributed by atoms with Crippen molar-refractivity contribution >= 4 is 11.5 Å². The van der Waals surface area contributed by atoms with Crippen LogP contribution >= 0.6 is 0 Å². The van der Waals surface area contributed by atoms with Crippen LogP contribution in [0, 0.1) is 0 Å². The van der Waals surface area contributed by atoms with Crippen molar-refractivity contribution in [2.75, 3.05) is 39.5 Å². The Morgan fingerprint density at radius 2 is 1.79 bits per heavy atom. The van der Waals surface area contributed by atoms with Crippen LogP contribution in [0.4, 0.5) is 0 Å². The van der Waals surface area contributed by atoms with Gasteiger partial charge in [-0.15, -0.1) is 0 Å². The molecule has 0 aliphatic carbocycles. The third-order valence-electron chi connectivity index (χ3n) is 7.65. The van der Waals surface area contributed by atoms with E-state index in [0.717, 1.165) is 93.1 Å². The molecule has 0 radical (unpaired) electrons. The van der Waals surface area contributed by atoms with E-state index >= 15 is 0 Å². The van der Waals surface area contributed by atoms with E-state index < -0.39 is 0 Å². The minimum absolute atomic E-state index is 0.315. The van der Waals surface area contributed by atoms with Crippen LogP contribution in [-0.4, -0.2) is 65.8 Å². The molecule has 0 bridgehead atoms. The third-order valence-corrected chi connectivity index (χ3v) is 7.65. The van der Waals surface area contributed by atoms with Crippen LogP contribution in [0.2, 0.25) is 0 Å². The Balaban J connectivity index is 1.13. The number of hydrogen-bond donors (Lipinski definition) is 1. The van der Waals surface area contributed by atoms with Gasteiger partial charge in [-0.2, -0.15) is 5.10 Å². The number of nitrogens with zero attached hydrogens (tertiary/aromatic N) is 5. The van der Waals surface area contributed by atoms with Gasteiger partial charge in [0.25, 0.3) is 0 Å². The fourth-order valence-electron chi connectivity index (χ4n) is 5.55. The first-order valence-electron chi connectivity index (χ1n) is 13.7. The van der Waals surface area contributed by atoms with Gasteiger partial charge < -0.3 is 19.3 Å². The molecule has 1 N–H and O–H groups in total. The molecule has 6 rings (SSSR count). The molecule has 2 aromatic rings. The second kappa shape index (κ2) is 10.9. The lowest BCUT2D eigenvalue weighted by Crippen LogP contribution is -2.45. The van der Waals surface area contributed by atoms with Crippen LogP contribution < -0.4 is 14.9 Å². The molecule has 38 heavy (non-hydrogen) atoms. The third kappa shape index (κ3) is 5.13. The molecule has 4 aliphatic rings. The van der Waals surface area contributed by atoms with Gasteiger partial charge in [0.1, 0.15) is 5.82 Å². The Kier molecular flexibility index (Phi) is 7.05. The highest BCUT2D eigenvalue weighted by Crippen LogP contribution is 2.33. The standard InChI is InChI=1S/C30H36N6O2/c1-3-7-28(35-16-14-34(15-17-35)19-24-10-11-26-27(18-24)38-21-37-26)31-30-29-22(2)36(13-12-25(29)32-33-30)20-23-8-5-4-6-9-23/h4-11,18H,3,12-17,19-21H2,1-2H3,(H,31,33)/b28-7-. The maximum Gasteiger partial charge on any atom is 0.231 e. The monoisotopic (exact) mass is 512 g/mol. The lowest BCUT2D eigenvalue weighted by atomic mass is 9.99. The highest BCUT2D eigenvalue weighted by molar-refractivity contribution is 6.27. The van der Waals surface area contributed by atoms with Crippen LogP contribution in [0.3, 0.4) is 0 Å². The molecule has 1 saturated heterocycles. The summed E-state index contributed by atoms with van der Waals surface area (Å²) in [5, 5.41) is 4.65. The number of piperazine rings is 1. The minimum Gasteiger partial charge on any atom is -0.454 e. The number of rotatable bonds is 7. The molecule has 0 spiro atoms. The number of ether oxygens (including phenoxy) is 2. The van der Waals surface area contributed by atoms with E-state index in [0.29, 0.717) is 6.79 Å². The van der Waals surface area contributed by atoms with Crippen molar-refractivity contribution in [1.29, 1.82) is 0 Å². The van der Waals surface area contributed by atoms with Gasteiger partial charge in [-0.1, -0.05) is 43.3 Å². The van der Waals surface area contributed by atoms with Gasteiger partial charge in [0.05, 0.1) is 11.3 Å². The molecular formula is C30H36N6O2. The summed E-state index contributed by atoms with van der Waals surface area (Å²) in [4.78, 5) is 12.5. The number of amidine groups is 1. The Bertz CT molecular complexity index is 1290. The van der Waals surface area contributed by atoms with Crippen LogP contribution in [0.25, 0.3) is 0 Å². The average molecular weight is 513 g/mol. The van der Waals surface area contributed by atoms with Gasteiger partial charge in [0.2, 0.25) is 6.79 Å². The zero-order valence-corrected chi connectivity index (χ0v) is 22.3. The Labute approximate surface area is 224 Å². The van der Waals surface area contributed by atoms with E-state index in [9.17, 15) is 0 Å². The van der Waals surface area contributed by atoms with Crippen molar-refractivity contribution in [2.24, 2.45) is 10.1 Å². The fourth-order valence-corrected chi connectivity index (χ4v) is 5.55. The maximum atomic E-state index is 5.56. The molecule has 0 atom stereocenters. The topological polar surface area (TPSA) is 64.9 Å². The number of aliphatic imine (C=N–C) groups is 1. The van der Waals surface area contributed by atoms with E-state index in [2.05, 4.69) is 87.6 Å². The molecule has 2 aromatic carbocycles. The average Bonchev–Trinajstić information content (AvgIpc) is 3.58. The van der Waals surface area contributed by atoms with E-state index in [1.807, 2.05) is 6.07 Å². The van der Waals surface area contributed by atoms with E-state index in [1.165, 1.54) is 16.8 Å². The number of hydrazone groups is 1. The van der Waals surface area contributed by atoms with Gasteiger partial charge in [0, 0.05) is 57.9 Å². The van der Waals surface area contributed by atoms with Gasteiger partial charge in [0.15, 0.2) is 17.3 Å². The number of hydrogen-bond acceptors (Lipinski definition) is 7.